The van der Waals surface area contributed by atoms with Crippen molar-refractivity contribution >= 4 is 5.91 Å². The molecule has 19 heavy (non-hydrogen) atoms. The quantitative estimate of drug-likeness (QED) is 0.794. The fourth-order valence-electron chi connectivity index (χ4n) is 2.65. The zero-order valence-electron chi connectivity index (χ0n) is 10.6. The van der Waals surface area contributed by atoms with Crippen molar-refractivity contribution < 1.29 is 14.3 Å². The number of aromatic nitrogens is 1. The number of amides is 1. The molecule has 1 aromatic rings. The Morgan fingerprint density at radius 3 is 2.89 bits per heavy atom. The SMILES string of the molecule is O=C(c1cc[nH]c(=O)c1)N1CCCC2(C1)OCCO2. The van der Waals surface area contributed by atoms with E-state index >= 15 is 0 Å². The summed E-state index contributed by atoms with van der Waals surface area (Å²) in [7, 11) is 0. The van der Waals surface area contributed by atoms with E-state index in [2.05, 4.69) is 4.98 Å². The molecule has 0 aliphatic carbocycles. The summed E-state index contributed by atoms with van der Waals surface area (Å²) in [6, 6.07) is 2.93. The van der Waals surface area contributed by atoms with Gasteiger partial charge in [-0.05, 0) is 12.5 Å². The van der Waals surface area contributed by atoms with E-state index in [9.17, 15) is 9.59 Å². The van der Waals surface area contributed by atoms with Crippen LogP contribution in [-0.2, 0) is 9.47 Å². The van der Waals surface area contributed by atoms with Crippen LogP contribution in [0, 0.1) is 0 Å². The van der Waals surface area contributed by atoms with Crippen LogP contribution in [-0.4, -0.2) is 47.9 Å². The lowest BCUT2D eigenvalue weighted by Gasteiger charge is -2.38. The molecule has 1 amide bonds. The monoisotopic (exact) mass is 264 g/mol. The highest BCUT2D eigenvalue weighted by molar-refractivity contribution is 5.94. The molecule has 0 bridgehead atoms. The second-order valence-corrected chi connectivity index (χ2v) is 4.88. The third-order valence-electron chi connectivity index (χ3n) is 3.54. The molecule has 1 spiro atoms. The number of ether oxygens (including phenoxy) is 2. The number of H-pyrrole nitrogens is 1. The van der Waals surface area contributed by atoms with Crippen LogP contribution in [0.3, 0.4) is 0 Å². The molecular weight excluding hydrogens is 248 g/mol. The largest absolute Gasteiger partial charge is 0.346 e. The van der Waals surface area contributed by atoms with Crippen LogP contribution in [0.2, 0.25) is 0 Å². The molecule has 2 fully saturated rings. The molecule has 0 aromatic carbocycles. The van der Waals surface area contributed by atoms with Gasteiger partial charge < -0.3 is 19.4 Å². The molecule has 0 radical (unpaired) electrons. The number of aromatic amines is 1. The predicted molar refractivity (Wildman–Crippen MR) is 66.8 cm³/mol. The van der Waals surface area contributed by atoms with Gasteiger partial charge in [-0.15, -0.1) is 0 Å². The molecule has 3 heterocycles. The molecule has 0 unspecified atom stereocenters. The lowest BCUT2D eigenvalue weighted by molar-refractivity contribution is -0.183. The predicted octanol–water partition coefficient (Wildman–Crippen LogP) is 0.354. The van der Waals surface area contributed by atoms with Gasteiger partial charge in [-0.3, -0.25) is 9.59 Å². The van der Waals surface area contributed by atoms with Crippen LogP contribution in [0.15, 0.2) is 23.1 Å². The smallest absolute Gasteiger partial charge is 0.254 e. The van der Waals surface area contributed by atoms with Gasteiger partial charge in [0.1, 0.15) is 0 Å². The van der Waals surface area contributed by atoms with Crippen LogP contribution in [0.1, 0.15) is 23.2 Å². The third kappa shape index (κ3) is 2.41. The summed E-state index contributed by atoms with van der Waals surface area (Å²) in [5.41, 5.74) is 0.129. The standard InChI is InChI=1S/C13H16N2O4/c16-11-8-10(2-4-14-11)12(17)15-5-1-3-13(9-15)18-6-7-19-13/h2,4,8H,1,3,5-7,9H2,(H,14,16). The number of rotatable bonds is 1. The third-order valence-corrected chi connectivity index (χ3v) is 3.54. The molecule has 1 N–H and O–H groups in total. The highest BCUT2D eigenvalue weighted by atomic mass is 16.7. The summed E-state index contributed by atoms with van der Waals surface area (Å²) < 4.78 is 11.3. The number of carbonyl (C=O) groups is 1. The maximum absolute atomic E-state index is 12.4. The molecule has 2 aliphatic heterocycles. The number of hydrogen-bond donors (Lipinski definition) is 1. The molecule has 2 aliphatic rings. The van der Waals surface area contributed by atoms with Gasteiger partial charge in [0.15, 0.2) is 5.79 Å². The Kier molecular flexibility index (Phi) is 3.12. The van der Waals surface area contributed by atoms with Crippen molar-refractivity contribution in [2.75, 3.05) is 26.3 Å². The molecule has 0 saturated carbocycles. The first-order chi connectivity index (χ1) is 9.19. The minimum atomic E-state index is -0.630. The normalized spacial score (nSPS) is 21.8. The summed E-state index contributed by atoms with van der Waals surface area (Å²) >= 11 is 0. The molecule has 2 saturated heterocycles. The second kappa shape index (κ2) is 4.79. The van der Waals surface area contributed by atoms with Crippen molar-refractivity contribution in [3.8, 4) is 0 Å². The Labute approximate surface area is 110 Å². The van der Waals surface area contributed by atoms with Gasteiger partial charge in [0, 0.05) is 30.8 Å². The second-order valence-electron chi connectivity index (χ2n) is 4.88. The first-order valence-corrected chi connectivity index (χ1v) is 6.45. The Hall–Kier alpha value is -1.66. The van der Waals surface area contributed by atoms with E-state index in [1.807, 2.05) is 0 Å². The van der Waals surface area contributed by atoms with E-state index in [-0.39, 0.29) is 11.5 Å². The first-order valence-electron chi connectivity index (χ1n) is 6.45. The number of pyridine rings is 1. The molecule has 6 heteroatoms. The molecule has 3 rings (SSSR count). The summed E-state index contributed by atoms with van der Waals surface area (Å²) in [5, 5.41) is 0. The van der Waals surface area contributed by atoms with Crippen LogP contribution >= 0.6 is 0 Å². The summed E-state index contributed by atoms with van der Waals surface area (Å²) in [6.07, 6.45) is 3.14. The fourth-order valence-corrected chi connectivity index (χ4v) is 2.65. The highest BCUT2D eigenvalue weighted by Crippen LogP contribution is 2.30. The van der Waals surface area contributed by atoms with Crippen LogP contribution in [0.4, 0.5) is 0 Å². The summed E-state index contributed by atoms with van der Waals surface area (Å²) in [5.74, 6) is -0.779. The number of nitrogens with zero attached hydrogens (tertiary/aromatic N) is 1. The van der Waals surface area contributed by atoms with Crippen LogP contribution in [0.5, 0.6) is 0 Å². The van der Waals surface area contributed by atoms with Gasteiger partial charge in [-0.25, -0.2) is 0 Å². The number of nitrogens with one attached hydrogen (secondary N) is 1. The van der Waals surface area contributed by atoms with E-state index in [1.165, 1.54) is 12.3 Å². The van der Waals surface area contributed by atoms with Gasteiger partial charge in [-0.2, -0.15) is 0 Å². The Balaban J connectivity index is 1.78. The number of hydrogen-bond acceptors (Lipinski definition) is 4. The maximum Gasteiger partial charge on any atom is 0.254 e. The van der Waals surface area contributed by atoms with Gasteiger partial charge in [-0.1, -0.05) is 0 Å². The number of carbonyl (C=O) groups excluding carboxylic acids is 1. The average Bonchev–Trinajstić information content (AvgIpc) is 2.86. The van der Waals surface area contributed by atoms with E-state index in [1.54, 1.807) is 11.0 Å². The molecule has 6 nitrogen and oxygen atoms in total. The van der Waals surface area contributed by atoms with Gasteiger partial charge in [0.05, 0.1) is 19.8 Å². The van der Waals surface area contributed by atoms with E-state index in [0.717, 1.165) is 12.8 Å². The van der Waals surface area contributed by atoms with E-state index in [4.69, 9.17) is 9.47 Å². The van der Waals surface area contributed by atoms with E-state index < -0.39 is 5.79 Å². The summed E-state index contributed by atoms with van der Waals surface area (Å²) in [6.45, 7) is 2.25. The molecule has 0 atom stereocenters. The Morgan fingerprint density at radius 2 is 2.16 bits per heavy atom. The van der Waals surface area contributed by atoms with Gasteiger partial charge >= 0.3 is 0 Å². The number of piperidine rings is 1. The van der Waals surface area contributed by atoms with Crippen molar-refractivity contribution in [2.24, 2.45) is 0 Å². The number of likely N-dealkylation sites (tertiary alicyclic amines) is 1. The zero-order valence-corrected chi connectivity index (χ0v) is 10.6. The summed E-state index contributed by atoms with van der Waals surface area (Å²) in [4.78, 5) is 27.8. The Bertz CT molecular complexity index is 533. The van der Waals surface area contributed by atoms with Gasteiger partial charge in [0.2, 0.25) is 5.56 Å². The van der Waals surface area contributed by atoms with Crippen LogP contribution in [0.25, 0.3) is 0 Å². The zero-order chi connectivity index (χ0) is 13.3. The van der Waals surface area contributed by atoms with Crippen molar-refractivity contribution in [1.29, 1.82) is 0 Å². The lowest BCUT2D eigenvalue weighted by atomic mass is 10.0. The first kappa shape index (κ1) is 12.4. The minimum absolute atomic E-state index is 0.149. The van der Waals surface area contributed by atoms with Crippen molar-refractivity contribution in [3.63, 3.8) is 0 Å². The van der Waals surface area contributed by atoms with Gasteiger partial charge in [0.25, 0.3) is 5.91 Å². The molecular formula is C13H16N2O4. The topological polar surface area (TPSA) is 71.6 Å². The van der Waals surface area contributed by atoms with E-state index in [0.29, 0.717) is 31.9 Å². The van der Waals surface area contributed by atoms with Crippen molar-refractivity contribution in [3.05, 3.63) is 34.2 Å². The average molecular weight is 264 g/mol. The molecule has 1 aromatic heterocycles. The van der Waals surface area contributed by atoms with Crippen molar-refractivity contribution in [1.82, 2.24) is 9.88 Å². The Morgan fingerprint density at radius 1 is 1.37 bits per heavy atom. The fraction of sp³-hybridized carbons (Fsp3) is 0.538. The highest BCUT2D eigenvalue weighted by Gasteiger charge is 2.42. The lowest BCUT2D eigenvalue weighted by Crippen LogP contribution is -2.51. The van der Waals surface area contributed by atoms with Crippen molar-refractivity contribution in [2.45, 2.75) is 18.6 Å². The minimum Gasteiger partial charge on any atom is -0.346 e. The maximum atomic E-state index is 12.4. The van der Waals surface area contributed by atoms with Crippen LogP contribution < -0.4 is 5.56 Å². The molecule has 102 valence electrons.